The van der Waals surface area contributed by atoms with Crippen LogP contribution >= 0.6 is 11.3 Å². The van der Waals surface area contributed by atoms with E-state index in [4.69, 9.17) is 0 Å². The van der Waals surface area contributed by atoms with Gasteiger partial charge in [-0.2, -0.15) is 11.3 Å². The summed E-state index contributed by atoms with van der Waals surface area (Å²) in [6.07, 6.45) is 1.77. The second-order valence-corrected chi connectivity index (χ2v) is 6.42. The van der Waals surface area contributed by atoms with Gasteiger partial charge in [0.1, 0.15) is 6.04 Å². The Bertz CT molecular complexity index is 791. The average molecular weight is 325 g/mol. The normalized spacial score (nSPS) is 12.1. The average Bonchev–Trinajstić information content (AvgIpc) is 3.22. The van der Waals surface area contributed by atoms with Crippen LogP contribution in [0, 0.1) is 0 Å². The van der Waals surface area contributed by atoms with E-state index in [9.17, 15) is 4.79 Å². The van der Waals surface area contributed by atoms with Crippen molar-refractivity contribution < 1.29 is 4.79 Å². The van der Waals surface area contributed by atoms with Crippen LogP contribution < -0.4 is 0 Å². The number of benzene rings is 1. The van der Waals surface area contributed by atoms with Crippen molar-refractivity contribution >= 4 is 17.2 Å². The molecule has 3 aromatic rings. The van der Waals surface area contributed by atoms with Gasteiger partial charge in [0.05, 0.1) is 17.7 Å². The minimum Gasteiger partial charge on any atom is -0.347 e. The molecule has 0 N–H and O–H groups in total. The maximum Gasteiger partial charge on any atom is 0.244 e. The topological polar surface area (TPSA) is 38.1 Å². The summed E-state index contributed by atoms with van der Waals surface area (Å²) in [7, 11) is 3.55. The van der Waals surface area contributed by atoms with Gasteiger partial charge in [-0.25, -0.2) is 4.98 Å². The summed E-state index contributed by atoms with van der Waals surface area (Å²) in [5.41, 5.74) is 4.03. The van der Waals surface area contributed by atoms with Gasteiger partial charge in [0.15, 0.2) is 0 Å². The molecule has 0 fully saturated rings. The van der Waals surface area contributed by atoms with Gasteiger partial charge in [0, 0.05) is 30.6 Å². The zero-order valence-electron chi connectivity index (χ0n) is 13.4. The lowest BCUT2D eigenvalue weighted by atomic mass is 10.1. The molecule has 0 radical (unpaired) electrons. The van der Waals surface area contributed by atoms with Crippen molar-refractivity contribution in [2.75, 3.05) is 14.1 Å². The lowest BCUT2D eigenvalue weighted by Gasteiger charge is -2.20. The van der Waals surface area contributed by atoms with Crippen LogP contribution in [0.15, 0.2) is 53.5 Å². The van der Waals surface area contributed by atoms with Crippen LogP contribution in [-0.4, -0.2) is 34.5 Å². The highest BCUT2D eigenvalue weighted by Crippen LogP contribution is 2.34. The number of rotatable bonds is 4. The molecule has 0 saturated heterocycles. The van der Waals surface area contributed by atoms with Crippen molar-refractivity contribution in [1.29, 1.82) is 0 Å². The number of carbonyl (C=O) groups is 1. The predicted molar refractivity (Wildman–Crippen MR) is 94.4 cm³/mol. The van der Waals surface area contributed by atoms with Crippen LogP contribution in [0.5, 0.6) is 0 Å². The molecule has 4 nitrogen and oxygen atoms in total. The van der Waals surface area contributed by atoms with Crippen LogP contribution in [0.3, 0.4) is 0 Å². The van der Waals surface area contributed by atoms with Gasteiger partial charge in [-0.05, 0) is 18.4 Å². The second-order valence-electron chi connectivity index (χ2n) is 5.64. The van der Waals surface area contributed by atoms with Crippen molar-refractivity contribution in [1.82, 2.24) is 14.5 Å². The predicted octanol–water partition coefficient (Wildman–Crippen LogP) is 3.93. The van der Waals surface area contributed by atoms with E-state index in [1.54, 1.807) is 36.7 Å². The Labute approximate surface area is 140 Å². The minimum absolute atomic E-state index is 0.0542. The van der Waals surface area contributed by atoms with Crippen LogP contribution in [0.4, 0.5) is 0 Å². The Balaban J connectivity index is 2.15. The third-order valence-corrected chi connectivity index (χ3v) is 4.53. The van der Waals surface area contributed by atoms with Crippen molar-refractivity contribution in [2.45, 2.75) is 13.0 Å². The first kappa shape index (κ1) is 15.5. The summed E-state index contributed by atoms with van der Waals surface area (Å²) in [5, 5.41) is 4.13. The molecule has 3 rings (SSSR count). The monoisotopic (exact) mass is 325 g/mol. The number of aromatic nitrogens is 2. The Kier molecular flexibility index (Phi) is 4.30. The quantitative estimate of drug-likeness (QED) is 0.729. The number of amides is 1. The molecule has 0 aliphatic rings. The van der Waals surface area contributed by atoms with Crippen molar-refractivity contribution in [3.05, 3.63) is 53.5 Å². The van der Waals surface area contributed by atoms with Gasteiger partial charge < -0.3 is 9.47 Å². The summed E-state index contributed by atoms with van der Waals surface area (Å²) >= 11 is 1.64. The fraction of sp³-hybridized carbons (Fsp3) is 0.222. The van der Waals surface area contributed by atoms with Gasteiger partial charge in [-0.1, -0.05) is 30.3 Å². The molecule has 0 spiro atoms. The zero-order chi connectivity index (χ0) is 16.4. The SMILES string of the molecule is C[C@@H](C(=O)N(C)C)n1cnc(-c2ccccc2)c1-c1ccsc1. The molecule has 0 bridgehead atoms. The van der Waals surface area contributed by atoms with E-state index in [1.807, 2.05) is 47.2 Å². The number of hydrogen-bond acceptors (Lipinski definition) is 3. The van der Waals surface area contributed by atoms with Crippen molar-refractivity contribution in [2.24, 2.45) is 0 Å². The highest BCUT2D eigenvalue weighted by molar-refractivity contribution is 7.08. The molecule has 23 heavy (non-hydrogen) atoms. The van der Waals surface area contributed by atoms with Gasteiger partial charge in [0.2, 0.25) is 5.91 Å². The molecule has 0 saturated carbocycles. The molecule has 1 amide bonds. The number of nitrogens with zero attached hydrogens (tertiary/aromatic N) is 3. The molecule has 1 aromatic carbocycles. The molecule has 0 unspecified atom stereocenters. The molecule has 118 valence electrons. The molecular formula is C18H19N3OS. The molecule has 2 aromatic heterocycles. The molecule has 0 aliphatic heterocycles. The smallest absolute Gasteiger partial charge is 0.244 e. The van der Waals surface area contributed by atoms with Crippen LogP contribution in [0.1, 0.15) is 13.0 Å². The van der Waals surface area contributed by atoms with E-state index < -0.39 is 0 Å². The van der Waals surface area contributed by atoms with Crippen LogP contribution in [0.2, 0.25) is 0 Å². The number of hydrogen-bond donors (Lipinski definition) is 0. The first-order valence-electron chi connectivity index (χ1n) is 7.45. The van der Waals surface area contributed by atoms with E-state index in [1.165, 1.54) is 0 Å². The molecule has 5 heteroatoms. The summed E-state index contributed by atoms with van der Waals surface area (Å²) < 4.78 is 1.96. The highest BCUT2D eigenvalue weighted by Gasteiger charge is 2.23. The molecular weight excluding hydrogens is 306 g/mol. The van der Waals surface area contributed by atoms with Gasteiger partial charge in [-0.3, -0.25) is 4.79 Å². The first-order valence-corrected chi connectivity index (χ1v) is 8.40. The maximum atomic E-state index is 12.4. The molecule has 2 heterocycles. The third-order valence-electron chi connectivity index (χ3n) is 3.85. The van der Waals surface area contributed by atoms with Crippen molar-refractivity contribution in [3.8, 4) is 22.5 Å². The second kappa shape index (κ2) is 6.38. The van der Waals surface area contributed by atoms with Crippen LogP contribution in [-0.2, 0) is 4.79 Å². The van der Waals surface area contributed by atoms with Gasteiger partial charge in [0.25, 0.3) is 0 Å². The van der Waals surface area contributed by atoms with Gasteiger partial charge >= 0.3 is 0 Å². The minimum atomic E-state index is -0.301. The van der Waals surface area contributed by atoms with Crippen LogP contribution in [0.25, 0.3) is 22.5 Å². The lowest BCUT2D eigenvalue weighted by molar-refractivity contribution is -0.131. The fourth-order valence-electron chi connectivity index (χ4n) is 2.64. The first-order chi connectivity index (χ1) is 11.1. The van der Waals surface area contributed by atoms with Crippen molar-refractivity contribution in [3.63, 3.8) is 0 Å². The largest absolute Gasteiger partial charge is 0.347 e. The Hall–Kier alpha value is -2.40. The third kappa shape index (κ3) is 2.92. The van der Waals surface area contributed by atoms with Gasteiger partial charge in [-0.15, -0.1) is 0 Å². The summed E-state index contributed by atoms with van der Waals surface area (Å²) in [6.45, 7) is 1.91. The number of imidazole rings is 1. The summed E-state index contributed by atoms with van der Waals surface area (Å²) in [4.78, 5) is 18.6. The number of thiophene rings is 1. The van der Waals surface area contributed by atoms with E-state index >= 15 is 0 Å². The molecule has 1 atom stereocenters. The van der Waals surface area contributed by atoms with E-state index in [2.05, 4.69) is 16.4 Å². The summed E-state index contributed by atoms with van der Waals surface area (Å²) in [5.74, 6) is 0.0542. The number of likely N-dealkylation sites (N-methyl/N-ethyl adjacent to an activating group) is 1. The Morgan fingerprint density at radius 2 is 1.91 bits per heavy atom. The Morgan fingerprint density at radius 3 is 2.52 bits per heavy atom. The summed E-state index contributed by atoms with van der Waals surface area (Å²) in [6, 6.07) is 11.8. The lowest BCUT2D eigenvalue weighted by Crippen LogP contribution is -2.30. The van der Waals surface area contributed by atoms with E-state index in [-0.39, 0.29) is 11.9 Å². The maximum absolute atomic E-state index is 12.4. The fourth-order valence-corrected chi connectivity index (χ4v) is 3.28. The Morgan fingerprint density at radius 1 is 1.17 bits per heavy atom. The van der Waals surface area contributed by atoms with E-state index in [0.29, 0.717) is 0 Å². The number of carbonyl (C=O) groups excluding carboxylic acids is 1. The highest BCUT2D eigenvalue weighted by atomic mass is 32.1. The molecule has 0 aliphatic carbocycles. The zero-order valence-corrected chi connectivity index (χ0v) is 14.2. The van der Waals surface area contributed by atoms with E-state index in [0.717, 1.165) is 22.5 Å². The standard InChI is InChI=1S/C18H19N3OS/c1-13(18(22)20(2)3)21-12-19-16(14-7-5-4-6-8-14)17(21)15-9-10-23-11-15/h4-13H,1-3H3/t13-/m0/s1.